The molecule has 2 aliphatic rings. The summed E-state index contributed by atoms with van der Waals surface area (Å²) in [5.41, 5.74) is 1.59. The molecule has 1 amide bonds. The van der Waals surface area contributed by atoms with E-state index in [4.69, 9.17) is 0 Å². The van der Waals surface area contributed by atoms with Crippen molar-refractivity contribution in [2.75, 3.05) is 0 Å². The minimum Gasteiger partial charge on any atom is -0.265 e. The molecule has 0 fully saturated rings. The fourth-order valence-corrected chi connectivity index (χ4v) is 2.47. The maximum Gasteiger partial charge on any atom is 0.299 e. The average molecular weight is 233 g/mol. The summed E-state index contributed by atoms with van der Waals surface area (Å²) in [7, 11) is 0. The van der Waals surface area contributed by atoms with E-state index in [9.17, 15) is 4.79 Å². The van der Waals surface area contributed by atoms with Crippen molar-refractivity contribution in [2.45, 2.75) is 0 Å². The Hall–Kier alpha value is -2.62. The van der Waals surface area contributed by atoms with Crippen molar-refractivity contribution in [1.29, 1.82) is 0 Å². The molecule has 1 aliphatic carbocycles. The first-order valence-corrected chi connectivity index (χ1v) is 5.62. The van der Waals surface area contributed by atoms with Gasteiger partial charge in [-0.05, 0) is 33.4 Å². The van der Waals surface area contributed by atoms with Gasteiger partial charge in [0.2, 0.25) is 0 Å². The summed E-state index contributed by atoms with van der Waals surface area (Å²) >= 11 is 0. The van der Waals surface area contributed by atoms with E-state index in [0.717, 1.165) is 21.2 Å². The smallest absolute Gasteiger partial charge is 0.265 e. The number of carbonyl (C=O) groups is 1. The number of carbonyl (C=O) groups excluding carboxylic acids is 1. The number of hydrogen-bond donors (Lipinski definition) is 0. The molecule has 1 aliphatic heterocycles. The minimum atomic E-state index is -0.327. The maximum atomic E-state index is 11.7. The van der Waals surface area contributed by atoms with Gasteiger partial charge in [0.15, 0.2) is 0 Å². The highest BCUT2D eigenvalue weighted by Gasteiger charge is 2.15. The number of rotatable bonds is 0. The standard InChI is InChI=1S/C14H7N3O/c18-14-11-6-5-9-7-8-3-1-2-4-10(8)12(9)13(11)15-17-16-14/h1-7H. The molecular weight excluding hydrogens is 226 g/mol. The Kier molecular flexibility index (Phi) is 1.67. The van der Waals surface area contributed by atoms with Gasteiger partial charge in [-0.2, -0.15) is 0 Å². The first kappa shape index (κ1) is 9.41. The van der Waals surface area contributed by atoms with E-state index >= 15 is 0 Å². The van der Waals surface area contributed by atoms with E-state index in [1.54, 1.807) is 6.07 Å². The molecule has 18 heavy (non-hydrogen) atoms. The van der Waals surface area contributed by atoms with Crippen LogP contribution in [0.25, 0.3) is 6.08 Å². The zero-order valence-corrected chi connectivity index (χ0v) is 9.29. The van der Waals surface area contributed by atoms with Gasteiger partial charge in [0.05, 0.1) is 5.56 Å². The summed E-state index contributed by atoms with van der Waals surface area (Å²) in [4.78, 5) is 11.7. The van der Waals surface area contributed by atoms with Crippen molar-refractivity contribution in [3.05, 3.63) is 68.5 Å². The number of nitrogens with zero attached hydrogens (tertiary/aromatic N) is 3. The molecule has 4 nitrogen and oxygen atoms in total. The molecule has 0 spiro atoms. The number of benzene rings is 2. The monoisotopic (exact) mass is 233 g/mol. The Balaban J connectivity index is 2.38. The van der Waals surface area contributed by atoms with E-state index < -0.39 is 0 Å². The molecular formula is C14H7N3O. The van der Waals surface area contributed by atoms with Crippen LogP contribution < -0.4 is 10.6 Å². The van der Waals surface area contributed by atoms with Crippen molar-refractivity contribution in [3.63, 3.8) is 0 Å². The summed E-state index contributed by atoms with van der Waals surface area (Å²) in [6.45, 7) is 0. The van der Waals surface area contributed by atoms with Gasteiger partial charge in [-0.25, -0.2) is 0 Å². The second-order valence-corrected chi connectivity index (χ2v) is 4.25. The topological polar surface area (TPSA) is 54.1 Å². The van der Waals surface area contributed by atoms with Crippen molar-refractivity contribution in [2.24, 2.45) is 15.4 Å². The third-order valence-corrected chi connectivity index (χ3v) is 3.26. The van der Waals surface area contributed by atoms with Gasteiger partial charge in [0.1, 0.15) is 5.36 Å². The molecule has 1 heterocycles. The highest BCUT2D eigenvalue weighted by Crippen LogP contribution is 2.11. The van der Waals surface area contributed by atoms with Crippen LogP contribution in [-0.4, -0.2) is 5.91 Å². The first-order valence-electron chi connectivity index (χ1n) is 5.62. The molecule has 84 valence electrons. The summed E-state index contributed by atoms with van der Waals surface area (Å²) < 4.78 is 0. The predicted molar refractivity (Wildman–Crippen MR) is 64.1 cm³/mol. The Labute approximate surface area is 101 Å². The van der Waals surface area contributed by atoms with Gasteiger partial charge in [0, 0.05) is 5.22 Å². The van der Waals surface area contributed by atoms with Crippen molar-refractivity contribution in [3.8, 4) is 0 Å². The van der Waals surface area contributed by atoms with Crippen LogP contribution in [0.5, 0.6) is 0 Å². The quantitative estimate of drug-likeness (QED) is 0.576. The molecule has 4 heteroatoms. The number of hydrogen-bond acceptors (Lipinski definition) is 3. The Bertz CT molecular complexity index is 942. The van der Waals surface area contributed by atoms with E-state index in [1.165, 1.54) is 0 Å². The molecule has 0 radical (unpaired) electrons. The zero-order valence-electron chi connectivity index (χ0n) is 9.29. The fraction of sp³-hybridized carbons (Fsp3) is 0. The van der Waals surface area contributed by atoms with Crippen LogP contribution in [-0.2, 0) is 0 Å². The molecule has 0 bridgehead atoms. The van der Waals surface area contributed by atoms with Crippen molar-refractivity contribution < 1.29 is 4.79 Å². The second kappa shape index (κ2) is 3.20. The van der Waals surface area contributed by atoms with E-state index in [0.29, 0.717) is 10.9 Å². The maximum absolute atomic E-state index is 11.7. The van der Waals surface area contributed by atoms with Gasteiger partial charge in [-0.1, -0.05) is 35.4 Å². The molecule has 4 rings (SSSR count). The fourth-order valence-electron chi connectivity index (χ4n) is 2.47. The largest absolute Gasteiger partial charge is 0.299 e. The SMILES string of the molecule is O=C1N=NN=c2c1ccc1c2=c2ccccc2=C1. The lowest BCUT2D eigenvalue weighted by atomic mass is 10.1. The number of amides is 1. The predicted octanol–water partition coefficient (Wildman–Crippen LogP) is 1.26. The zero-order chi connectivity index (χ0) is 12.1. The lowest BCUT2D eigenvalue weighted by Gasteiger charge is -2.01. The molecule has 0 aromatic heterocycles. The van der Waals surface area contributed by atoms with Crippen LogP contribution in [0.3, 0.4) is 0 Å². The normalized spacial score (nSPS) is 14.3. The second-order valence-electron chi connectivity index (χ2n) is 4.25. The van der Waals surface area contributed by atoms with Gasteiger partial charge < -0.3 is 0 Å². The lowest BCUT2D eigenvalue weighted by molar-refractivity contribution is 0.0988. The van der Waals surface area contributed by atoms with E-state index in [1.807, 2.05) is 30.3 Å². The molecule has 0 saturated heterocycles. The molecule has 2 aromatic carbocycles. The van der Waals surface area contributed by atoms with Crippen molar-refractivity contribution in [1.82, 2.24) is 0 Å². The Morgan fingerprint density at radius 3 is 2.83 bits per heavy atom. The molecule has 0 saturated carbocycles. The highest BCUT2D eigenvalue weighted by atomic mass is 16.2. The van der Waals surface area contributed by atoms with Crippen LogP contribution in [0.2, 0.25) is 0 Å². The van der Waals surface area contributed by atoms with Crippen molar-refractivity contribution >= 4 is 12.0 Å². The van der Waals surface area contributed by atoms with Gasteiger partial charge >= 0.3 is 0 Å². The average Bonchev–Trinajstić information content (AvgIpc) is 2.77. The molecule has 2 aromatic rings. The van der Waals surface area contributed by atoms with Gasteiger partial charge in [0.25, 0.3) is 5.91 Å². The molecule has 0 unspecified atom stereocenters. The van der Waals surface area contributed by atoms with Gasteiger partial charge in [-0.15, -0.1) is 5.10 Å². The van der Waals surface area contributed by atoms with Crippen LogP contribution >= 0.6 is 0 Å². The highest BCUT2D eigenvalue weighted by molar-refractivity contribution is 5.95. The number of fused-ring (bicyclic) bond motifs is 4. The third kappa shape index (κ3) is 1.09. The van der Waals surface area contributed by atoms with E-state index in [2.05, 4.69) is 21.5 Å². The van der Waals surface area contributed by atoms with Crippen LogP contribution in [0.15, 0.2) is 51.8 Å². The first-order chi connectivity index (χ1) is 8.84. The van der Waals surface area contributed by atoms with Crippen LogP contribution in [0.1, 0.15) is 15.9 Å². The summed E-state index contributed by atoms with van der Waals surface area (Å²) in [6.07, 6.45) is 2.09. The minimum absolute atomic E-state index is 0.327. The Morgan fingerprint density at radius 1 is 1.00 bits per heavy atom. The summed E-state index contributed by atoms with van der Waals surface area (Å²) in [5.74, 6) is -0.327. The lowest BCUT2D eigenvalue weighted by Crippen LogP contribution is -2.19. The summed E-state index contributed by atoms with van der Waals surface area (Å²) in [5, 5.41) is 14.9. The van der Waals surface area contributed by atoms with Gasteiger partial charge in [-0.3, -0.25) is 4.79 Å². The van der Waals surface area contributed by atoms with E-state index in [-0.39, 0.29) is 5.91 Å². The molecule has 0 N–H and O–H groups in total. The Morgan fingerprint density at radius 2 is 1.89 bits per heavy atom. The third-order valence-electron chi connectivity index (χ3n) is 3.26. The van der Waals surface area contributed by atoms with Crippen LogP contribution in [0.4, 0.5) is 0 Å². The molecule has 0 atom stereocenters. The summed E-state index contributed by atoms with van der Waals surface area (Å²) in [6, 6.07) is 11.8. The van der Waals surface area contributed by atoms with Crippen LogP contribution in [0, 0.1) is 10.4 Å².